The van der Waals surface area contributed by atoms with E-state index in [1.165, 1.54) is 6.07 Å². The van der Waals surface area contributed by atoms with Crippen molar-refractivity contribution in [2.75, 3.05) is 6.61 Å². The van der Waals surface area contributed by atoms with Gasteiger partial charge in [0.1, 0.15) is 17.2 Å². The maximum atomic E-state index is 13.8. The Balaban J connectivity index is 2.59. The Bertz CT molecular complexity index is 425. The molecule has 0 spiro atoms. The quantitative estimate of drug-likeness (QED) is 0.807. The highest BCUT2D eigenvalue weighted by atomic mass is 79.9. The molecule has 0 amide bonds. The molecular weight excluding hydrogens is 282 g/mol. The fourth-order valence-corrected chi connectivity index (χ4v) is 2.32. The molecule has 2 rings (SSSR count). The van der Waals surface area contributed by atoms with Crippen LogP contribution in [0.2, 0.25) is 0 Å². The molecule has 1 saturated heterocycles. The van der Waals surface area contributed by atoms with E-state index in [4.69, 9.17) is 4.74 Å². The first-order valence-corrected chi connectivity index (χ1v) is 5.74. The van der Waals surface area contributed by atoms with Gasteiger partial charge in [0.15, 0.2) is 0 Å². The van der Waals surface area contributed by atoms with E-state index in [1.807, 2.05) is 0 Å². The molecule has 1 N–H and O–H groups in total. The summed E-state index contributed by atoms with van der Waals surface area (Å²) in [6, 6.07) is 2.41. The summed E-state index contributed by atoms with van der Waals surface area (Å²) < 4.78 is 32.8. The molecule has 2 nitrogen and oxygen atoms in total. The molecule has 1 aromatic carbocycles. The van der Waals surface area contributed by atoms with Gasteiger partial charge in [0.05, 0.1) is 22.7 Å². The lowest BCUT2D eigenvalue weighted by atomic mass is 9.87. The van der Waals surface area contributed by atoms with Gasteiger partial charge in [-0.25, -0.2) is 8.78 Å². The van der Waals surface area contributed by atoms with Crippen LogP contribution in [0.25, 0.3) is 0 Å². The van der Waals surface area contributed by atoms with Crippen LogP contribution in [0.15, 0.2) is 16.6 Å². The second-order valence-electron chi connectivity index (χ2n) is 3.91. The van der Waals surface area contributed by atoms with Crippen LogP contribution in [0.3, 0.4) is 0 Å². The zero-order valence-electron chi connectivity index (χ0n) is 8.64. The summed E-state index contributed by atoms with van der Waals surface area (Å²) in [7, 11) is 0. The van der Waals surface area contributed by atoms with Crippen molar-refractivity contribution < 1.29 is 18.6 Å². The first kappa shape index (κ1) is 12.0. The zero-order chi connectivity index (χ0) is 11.9. The van der Waals surface area contributed by atoms with Crippen LogP contribution in [0.4, 0.5) is 8.78 Å². The monoisotopic (exact) mass is 292 g/mol. The lowest BCUT2D eigenvalue weighted by molar-refractivity contribution is -0.0365. The molecule has 0 radical (unpaired) electrons. The smallest absolute Gasteiger partial charge is 0.146 e. The fourth-order valence-electron chi connectivity index (χ4n) is 1.98. The minimum Gasteiger partial charge on any atom is -0.382 e. The van der Waals surface area contributed by atoms with Crippen molar-refractivity contribution >= 4 is 15.9 Å². The molecule has 5 heteroatoms. The number of ether oxygens (including phenoxy) is 1. The predicted octanol–water partition coefficient (Wildman–Crippen LogP) is 2.72. The molecule has 2 atom stereocenters. The third kappa shape index (κ3) is 1.67. The van der Waals surface area contributed by atoms with Gasteiger partial charge in [0.25, 0.3) is 0 Å². The summed E-state index contributed by atoms with van der Waals surface area (Å²) >= 11 is 2.98. The first-order chi connectivity index (χ1) is 7.47. The third-order valence-electron chi connectivity index (χ3n) is 3.00. The largest absolute Gasteiger partial charge is 0.382 e. The summed E-state index contributed by atoms with van der Waals surface area (Å²) in [5.41, 5.74) is -1.90. The predicted molar refractivity (Wildman–Crippen MR) is 58.0 cm³/mol. The van der Waals surface area contributed by atoms with Gasteiger partial charge in [-0.1, -0.05) is 0 Å². The topological polar surface area (TPSA) is 29.5 Å². The van der Waals surface area contributed by atoms with Crippen molar-refractivity contribution in [1.29, 1.82) is 0 Å². The van der Waals surface area contributed by atoms with Crippen LogP contribution in [-0.4, -0.2) is 17.8 Å². The molecular formula is C11H11BrF2O2. The van der Waals surface area contributed by atoms with Gasteiger partial charge in [0, 0.05) is 6.42 Å². The highest BCUT2D eigenvalue weighted by molar-refractivity contribution is 9.10. The van der Waals surface area contributed by atoms with Gasteiger partial charge in [-0.2, -0.15) is 0 Å². The molecule has 1 fully saturated rings. The second-order valence-corrected chi connectivity index (χ2v) is 4.76. The SMILES string of the molecule is CC1OCCC1(O)c1c(F)ccc(Br)c1F. The summed E-state index contributed by atoms with van der Waals surface area (Å²) in [5, 5.41) is 10.3. The Morgan fingerprint density at radius 2 is 2.19 bits per heavy atom. The van der Waals surface area contributed by atoms with Crippen molar-refractivity contribution in [2.45, 2.75) is 25.0 Å². The van der Waals surface area contributed by atoms with Gasteiger partial charge in [-0.3, -0.25) is 0 Å². The molecule has 0 saturated carbocycles. The van der Waals surface area contributed by atoms with Crippen LogP contribution >= 0.6 is 15.9 Å². The maximum absolute atomic E-state index is 13.8. The highest BCUT2D eigenvalue weighted by Crippen LogP contribution is 2.40. The molecule has 16 heavy (non-hydrogen) atoms. The van der Waals surface area contributed by atoms with E-state index in [0.29, 0.717) is 6.61 Å². The first-order valence-electron chi connectivity index (χ1n) is 4.95. The third-order valence-corrected chi connectivity index (χ3v) is 3.61. The van der Waals surface area contributed by atoms with Gasteiger partial charge < -0.3 is 9.84 Å². The van der Waals surface area contributed by atoms with E-state index in [2.05, 4.69) is 15.9 Å². The number of aliphatic hydroxyl groups is 1. The van der Waals surface area contributed by atoms with Crippen LogP contribution in [0.5, 0.6) is 0 Å². The van der Waals surface area contributed by atoms with Crippen molar-refractivity contribution in [3.63, 3.8) is 0 Å². The Hall–Kier alpha value is -0.520. The second kappa shape index (κ2) is 4.05. The summed E-state index contributed by atoms with van der Waals surface area (Å²) in [6.45, 7) is 1.90. The van der Waals surface area contributed by atoms with Crippen LogP contribution < -0.4 is 0 Å². The number of benzene rings is 1. The molecule has 2 unspecified atom stereocenters. The standard InChI is InChI=1S/C11H11BrF2O2/c1-6-11(15,4-5-16-6)9-8(13)3-2-7(12)10(9)14/h2-3,6,15H,4-5H2,1H3. The Kier molecular flexibility index (Phi) is 3.03. The summed E-state index contributed by atoms with van der Waals surface area (Å²) in [6.07, 6.45) is -0.427. The molecule has 0 aliphatic carbocycles. The molecule has 1 aromatic rings. The van der Waals surface area contributed by atoms with E-state index in [0.717, 1.165) is 6.07 Å². The molecule has 1 heterocycles. The van der Waals surface area contributed by atoms with Crippen molar-refractivity contribution in [2.24, 2.45) is 0 Å². The van der Waals surface area contributed by atoms with Crippen LogP contribution in [0, 0.1) is 11.6 Å². The van der Waals surface area contributed by atoms with Crippen molar-refractivity contribution in [1.82, 2.24) is 0 Å². The minimum atomic E-state index is -1.59. The Labute approximate surface area is 100 Å². The van der Waals surface area contributed by atoms with Gasteiger partial charge in [-0.15, -0.1) is 0 Å². The number of hydrogen-bond acceptors (Lipinski definition) is 2. The van der Waals surface area contributed by atoms with Crippen LogP contribution in [-0.2, 0) is 10.3 Å². The van der Waals surface area contributed by atoms with E-state index in [9.17, 15) is 13.9 Å². The summed E-state index contributed by atoms with van der Waals surface area (Å²) in [5.74, 6) is -1.51. The van der Waals surface area contributed by atoms with E-state index in [1.54, 1.807) is 6.92 Å². The van der Waals surface area contributed by atoms with E-state index in [-0.39, 0.29) is 16.5 Å². The average Bonchev–Trinajstić information content (AvgIpc) is 2.55. The normalized spacial score (nSPS) is 29.7. The molecule has 1 aliphatic heterocycles. The van der Waals surface area contributed by atoms with E-state index >= 15 is 0 Å². The molecule has 88 valence electrons. The van der Waals surface area contributed by atoms with Crippen LogP contribution in [0.1, 0.15) is 18.9 Å². The van der Waals surface area contributed by atoms with Crippen molar-refractivity contribution in [3.05, 3.63) is 33.8 Å². The number of halogens is 3. The minimum absolute atomic E-state index is 0.136. The van der Waals surface area contributed by atoms with Gasteiger partial charge in [-0.05, 0) is 35.0 Å². The molecule has 0 bridgehead atoms. The number of rotatable bonds is 1. The maximum Gasteiger partial charge on any atom is 0.146 e. The summed E-state index contributed by atoms with van der Waals surface area (Å²) in [4.78, 5) is 0. The van der Waals surface area contributed by atoms with E-state index < -0.39 is 23.3 Å². The Morgan fingerprint density at radius 3 is 2.75 bits per heavy atom. The molecule has 1 aliphatic rings. The van der Waals surface area contributed by atoms with Gasteiger partial charge >= 0.3 is 0 Å². The number of hydrogen-bond donors (Lipinski definition) is 1. The average molecular weight is 293 g/mol. The van der Waals surface area contributed by atoms with Crippen molar-refractivity contribution in [3.8, 4) is 0 Å². The fraction of sp³-hybridized carbons (Fsp3) is 0.455. The lowest BCUT2D eigenvalue weighted by Gasteiger charge is -2.27. The van der Waals surface area contributed by atoms with Gasteiger partial charge in [0.2, 0.25) is 0 Å². The zero-order valence-corrected chi connectivity index (χ0v) is 10.2. The highest BCUT2D eigenvalue weighted by Gasteiger charge is 2.45. The lowest BCUT2D eigenvalue weighted by Crippen LogP contribution is -2.35. The Morgan fingerprint density at radius 1 is 1.50 bits per heavy atom. The molecule has 0 aromatic heterocycles.